The van der Waals surface area contributed by atoms with Crippen molar-refractivity contribution in [3.8, 4) is 17.2 Å². The molecule has 2 heterocycles. The summed E-state index contributed by atoms with van der Waals surface area (Å²) in [6.45, 7) is -0.0664. The van der Waals surface area contributed by atoms with E-state index >= 15 is 0 Å². The first-order valence-corrected chi connectivity index (χ1v) is 9.39. The number of amides is 2. The maximum Gasteiger partial charge on any atom is 0.287 e. The van der Waals surface area contributed by atoms with Crippen LogP contribution in [-0.2, 0) is 11.4 Å². The molecule has 9 nitrogen and oxygen atoms in total. The Morgan fingerprint density at radius 2 is 1.74 bits per heavy atom. The Morgan fingerprint density at radius 1 is 0.935 bits per heavy atom. The number of aromatic nitrogens is 2. The lowest BCUT2D eigenvalue weighted by molar-refractivity contribution is -0.115. The Bertz CT molecular complexity index is 1140. The van der Waals surface area contributed by atoms with Gasteiger partial charge in [-0.05, 0) is 48.5 Å². The number of carbonyl (C=O) groups is 2. The number of hydrogen-bond donors (Lipinski definition) is 2. The number of rotatable bonds is 8. The minimum atomic E-state index is -0.458. The molecule has 156 valence electrons. The van der Waals surface area contributed by atoms with E-state index in [9.17, 15) is 9.59 Å². The average molecular weight is 418 g/mol. The van der Waals surface area contributed by atoms with Gasteiger partial charge >= 0.3 is 0 Å². The van der Waals surface area contributed by atoms with Crippen molar-refractivity contribution in [1.82, 2.24) is 15.5 Å². The molecule has 0 saturated carbocycles. The van der Waals surface area contributed by atoms with Gasteiger partial charge in [-0.1, -0.05) is 18.2 Å². The van der Waals surface area contributed by atoms with Gasteiger partial charge in [-0.25, -0.2) is 0 Å². The van der Waals surface area contributed by atoms with Crippen molar-refractivity contribution in [2.75, 3.05) is 11.9 Å². The fourth-order valence-corrected chi connectivity index (χ4v) is 2.65. The first kappa shape index (κ1) is 19.9. The van der Waals surface area contributed by atoms with E-state index < -0.39 is 5.91 Å². The van der Waals surface area contributed by atoms with Crippen molar-refractivity contribution in [2.24, 2.45) is 0 Å². The Labute approximate surface area is 177 Å². The molecule has 0 bridgehead atoms. The number of carbonyl (C=O) groups excluding carboxylic acids is 2. The van der Waals surface area contributed by atoms with Gasteiger partial charge in [0.05, 0.1) is 12.8 Å². The highest BCUT2D eigenvalue weighted by molar-refractivity contribution is 5.98. The third kappa shape index (κ3) is 5.36. The van der Waals surface area contributed by atoms with Crippen LogP contribution in [0.1, 0.15) is 16.4 Å². The van der Waals surface area contributed by atoms with Gasteiger partial charge in [-0.15, -0.1) is 10.2 Å². The van der Waals surface area contributed by atoms with Crippen LogP contribution in [0, 0.1) is 0 Å². The van der Waals surface area contributed by atoms with Crippen LogP contribution >= 0.6 is 0 Å². The standard InChI is InChI=1S/C22H18N4O5/c27-19(13-23-21(28)18-7-4-12-29-18)24-16-8-10-17(11-9-16)30-14-20-25-26-22(31-20)15-5-2-1-3-6-15/h1-12H,13-14H2,(H,23,28)(H,24,27). The van der Waals surface area contributed by atoms with E-state index in [1.165, 1.54) is 12.3 Å². The van der Waals surface area contributed by atoms with Crippen LogP contribution in [0.3, 0.4) is 0 Å². The quantitative estimate of drug-likeness (QED) is 0.451. The van der Waals surface area contributed by atoms with E-state index in [1.807, 2.05) is 30.3 Å². The third-order valence-electron chi connectivity index (χ3n) is 4.14. The van der Waals surface area contributed by atoms with E-state index in [1.54, 1.807) is 30.3 Å². The lowest BCUT2D eigenvalue weighted by Crippen LogP contribution is -2.32. The van der Waals surface area contributed by atoms with Crippen molar-refractivity contribution in [2.45, 2.75) is 6.61 Å². The minimum Gasteiger partial charge on any atom is -0.484 e. The maximum atomic E-state index is 12.0. The molecule has 0 aliphatic rings. The number of nitrogens with one attached hydrogen (secondary N) is 2. The van der Waals surface area contributed by atoms with Gasteiger partial charge in [-0.2, -0.15) is 0 Å². The van der Waals surface area contributed by atoms with E-state index in [4.69, 9.17) is 13.6 Å². The molecule has 0 fully saturated rings. The molecule has 31 heavy (non-hydrogen) atoms. The summed E-state index contributed by atoms with van der Waals surface area (Å²) in [5, 5.41) is 13.1. The zero-order valence-electron chi connectivity index (χ0n) is 16.3. The first-order chi connectivity index (χ1) is 15.2. The molecule has 0 radical (unpaired) electrons. The Morgan fingerprint density at radius 3 is 2.48 bits per heavy atom. The Balaban J connectivity index is 1.24. The predicted molar refractivity (Wildman–Crippen MR) is 110 cm³/mol. The molecule has 0 saturated heterocycles. The summed E-state index contributed by atoms with van der Waals surface area (Å²) < 4.78 is 16.2. The molecule has 4 aromatic rings. The number of anilines is 1. The van der Waals surface area contributed by atoms with Crippen molar-refractivity contribution in [3.05, 3.63) is 84.6 Å². The predicted octanol–water partition coefficient (Wildman–Crippen LogP) is 3.28. The van der Waals surface area contributed by atoms with Gasteiger partial charge in [-0.3, -0.25) is 9.59 Å². The molecule has 4 rings (SSSR count). The SMILES string of the molecule is O=C(CNC(=O)c1ccco1)Nc1ccc(OCc2nnc(-c3ccccc3)o2)cc1. The van der Waals surface area contributed by atoms with Crippen molar-refractivity contribution in [1.29, 1.82) is 0 Å². The highest BCUT2D eigenvalue weighted by Gasteiger charge is 2.11. The van der Waals surface area contributed by atoms with Gasteiger partial charge in [0.2, 0.25) is 11.8 Å². The second-order valence-corrected chi connectivity index (χ2v) is 6.39. The molecule has 2 aromatic carbocycles. The van der Waals surface area contributed by atoms with Crippen molar-refractivity contribution < 1.29 is 23.2 Å². The van der Waals surface area contributed by atoms with Crippen molar-refractivity contribution in [3.63, 3.8) is 0 Å². The van der Waals surface area contributed by atoms with Crippen LogP contribution in [-0.4, -0.2) is 28.6 Å². The summed E-state index contributed by atoms with van der Waals surface area (Å²) >= 11 is 0. The summed E-state index contributed by atoms with van der Waals surface area (Å²) in [6, 6.07) is 19.3. The summed E-state index contributed by atoms with van der Waals surface area (Å²) in [5.41, 5.74) is 1.40. The van der Waals surface area contributed by atoms with E-state index in [2.05, 4.69) is 20.8 Å². The van der Waals surface area contributed by atoms with Crippen LogP contribution < -0.4 is 15.4 Å². The monoisotopic (exact) mass is 418 g/mol. The molecule has 2 aromatic heterocycles. The number of nitrogens with zero attached hydrogens (tertiary/aromatic N) is 2. The largest absolute Gasteiger partial charge is 0.484 e. The Hall–Kier alpha value is -4.40. The highest BCUT2D eigenvalue weighted by Crippen LogP contribution is 2.19. The second-order valence-electron chi connectivity index (χ2n) is 6.39. The van der Waals surface area contributed by atoms with E-state index in [-0.39, 0.29) is 24.8 Å². The number of hydrogen-bond acceptors (Lipinski definition) is 7. The van der Waals surface area contributed by atoms with E-state index in [0.717, 1.165) is 5.56 Å². The fourth-order valence-electron chi connectivity index (χ4n) is 2.65. The smallest absolute Gasteiger partial charge is 0.287 e. The molecular weight excluding hydrogens is 400 g/mol. The zero-order chi connectivity index (χ0) is 21.5. The van der Waals surface area contributed by atoms with Crippen LogP contribution in [0.15, 0.2) is 81.8 Å². The van der Waals surface area contributed by atoms with Crippen LogP contribution in [0.4, 0.5) is 5.69 Å². The molecule has 9 heteroatoms. The molecule has 0 atom stereocenters. The molecule has 0 aliphatic carbocycles. The van der Waals surface area contributed by atoms with Gasteiger partial charge < -0.3 is 24.2 Å². The minimum absolute atomic E-state index is 0.115. The van der Waals surface area contributed by atoms with Gasteiger partial charge in [0, 0.05) is 11.3 Å². The summed E-state index contributed by atoms with van der Waals surface area (Å²) in [6.07, 6.45) is 1.39. The van der Waals surface area contributed by atoms with Crippen molar-refractivity contribution >= 4 is 17.5 Å². The lowest BCUT2D eigenvalue weighted by Gasteiger charge is -2.08. The third-order valence-corrected chi connectivity index (χ3v) is 4.14. The molecule has 2 amide bonds. The Kier molecular flexibility index (Phi) is 6.03. The van der Waals surface area contributed by atoms with Gasteiger partial charge in [0.1, 0.15) is 5.75 Å². The number of ether oxygens (including phenoxy) is 1. The summed E-state index contributed by atoms with van der Waals surface area (Å²) in [7, 11) is 0. The van der Waals surface area contributed by atoms with Crippen LogP contribution in [0.2, 0.25) is 0 Å². The summed E-state index contributed by atoms with van der Waals surface area (Å²) in [4.78, 5) is 23.7. The molecule has 0 unspecified atom stereocenters. The number of furan rings is 1. The zero-order valence-corrected chi connectivity index (χ0v) is 16.3. The highest BCUT2D eigenvalue weighted by atomic mass is 16.5. The normalized spacial score (nSPS) is 10.5. The molecule has 0 aliphatic heterocycles. The molecule has 0 spiro atoms. The average Bonchev–Trinajstić information content (AvgIpc) is 3.50. The van der Waals surface area contributed by atoms with Crippen LogP contribution in [0.5, 0.6) is 5.75 Å². The summed E-state index contributed by atoms with van der Waals surface area (Å²) in [5.74, 6) is 0.670. The van der Waals surface area contributed by atoms with Gasteiger partial charge in [0.25, 0.3) is 11.8 Å². The van der Waals surface area contributed by atoms with E-state index in [0.29, 0.717) is 23.2 Å². The lowest BCUT2D eigenvalue weighted by atomic mass is 10.2. The maximum absolute atomic E-state index is 12.0. The van der Waals surface area contributed by atoms with Crippen LogP contribution in [0.25, 0.3) is 11.5 Å². The molecule has 2 N–H and O–H groups in total. The molecular formula is C22H18N4O5. The number of benzene rings is 2. The topological polar surface area (TPSA) is 119 Å². The van der Waals surface area contributed by atoms with Gasteiger partial charge in [0.15, 0.2) is 12.4 Å². The second kappa shape index (κ2) is 9.40. The first-order valence-electron chi connectivity index (χ1n) is 9.39. The fraction of sp³-hybridized carbons (Fsp3) is 0.0909.